The van der Waals surface area contributed by atoms with Gasteiger partial charge < -0.3 is 0 Å². The Morgan fingerprint density at radius 2 is 0.958 bits per heavy atom. The first-order chi connectivity index (χ1) is 23.5. The van der Waals surface area contributed by atoms with Gasteiger partial charge in [0.05, 0.1) is 11.2 Å². The standard InChI is InChI=1S/C42H30N6/c1-42(2)35-16-10-9-15-33(35)34-25-38-37(26-36(34)42)46-47-48(38)32-23-21-28(22-24-32)27-17-19-31(20-18-27)41-44-39(29-11-5-3-6-12-29)43-40(45-41)30-13-7-4-8-14-30/h3-26H,1-2H3. The van der Waals surface area contributed by atoms with Gasteiger partial charge in [-0.3, -0.25) is 0 Å². The molecule has 0 saturated carbocycles. The fraction of sp³-hybridized carbons (Fsp3) is 0.0714. The number of benzene rings is 6. The van der Waals surface area contributed by atoms with Crippen molar-refractivity contribution in [3.63, 3.8) is 0 Å². The summed E-state index contributed by atoms with van der Waals surface area (Å²) in [5, 5.41) is 9.13. The van der Waals surface area contributed by atoms with Crippen LogP contribution in [-0.2, 0) is 5.41 Å². The summed E-state index contributed by atoms with van der Waals surface area (Å²) in [6, 6.07) is 50.1. The Bertz CT molecular complexity index is 2390. The van der Waals surface area contributed by atoms with Crippen molar-refractivity contribution >= 4 is 11.0 Å². The van der Waals surface area contributed by atoms with Crippen LogP contribution in [0.15, 0.2) is 146 Å². The molecule has 0 aliphatic heterocycles. The summed E-state index contributed by atoms with van der Waals surface area (Å²) in [5.74, 6) is 1.94. The number of nitrogens with zero attached hydrogens (tertiary/aromatic N) is 6. The minimum absolute atomic E-state index is 0.0705. The predicted molar refractivity (Wildman–Crippen MR) is 192 cm³/mol. The van der Waals surface area contributed by atoms with Gasteiger partial charge in [0, 0.05) is 22.1 Å². The van der Waals surface area contributed by atoms with Crippen LogP contribution in [0.5, 0.6) is 0 Å². The van der Waals surface area contributed by atoms with Crippen molar-refractivity contribution in [1.29, 1.82) is 0 Å². The first kappa shape index (κ1) is 28.0. The van der Waals surface area contributed by atoms with E-state index in [1.54, 1.807) is 0 Å². The van der Waals surface area contributed by atoms with Crippen LogP contribution in [0.25, 0.3) is 73.1 Å². The van der Waals surface area contributed by atoms with E-state index in [1.807, 2.05) is 65.3 Å². The van der Waals surface area contributed by atoms with Crippen molar-refractivity contribution in [2.45, 2.75) is 19.3 Å². The molecule has 6 heteroatoms. The molecule has 1 aliphatic rings. The smallest absolute Gasteiger partial charge is 0.164 e. The summed E-state index contributed by atoms with van der Waals surface area (Å²) in [6.07, 6.45) is 0. The third kappa shape index (κ3) is 4.61. The molecule has 6 nitrogen and oxygen atoms in total. The second-order valence-corrected chi connectivity index (χ2v) is 12.7. The predicted octanol–water partition coefficient (Wildman–Crippen LogP) is 9.58. The van der Waals surface area contributed by atoms with E-state index in [2.05, 4.69) is 109 Å². The van der Waals surface area contributed by atoms with Gasteiger partial charge in [-0.25, -0.2) is 19.6 Å². The molecule has 0 amide bonds. The minimum atomic E-state index is -0.0705. The number of hydrogen-bond acceptors (Lipinski definition) is 5. The lowest BCUT2D eigenvalue weighted by atomic mass is 9.82. The lowest BCUT2D eigenvalue weighted by Gasteiger charge is -2.21. The van der Waals surface area contributed by atoms with Crippen LogP contribution < -0.4 is 0 Å². The molecule has 0 fully saturated rings. The molecule has 2 aromatic heterocycles. The quantitative estimate of drug-likeness (QED) is 0.192. The van der Waals surface area contributed by atoms with Crippen LogP contribution in [0.2, 0.25) is 0 Å². The molecule has 0 spiro atoms. The zero-order valence-corrected chi connectivity index (χ0v) is 26.5. The highest BCUT2D eigenvalue weighted by Gasteiger charge is 2.36. The Morgan fingerprint density at radius 1 is 0.458 bits per heavy atom. The van der Waals surface area contributed by atoms with E-state index in [0.29, 0.717) is 17.5 Å². The third-order valence-corrected chi connectivity index (χ3v) is 9.44. The summed E-state index contributed by atoms with van der Waals surface area (Å²) in [6.45, 7) is 4.57. The van der Waals surface area contributed by atoms with Gasteiger partial charge in [-0.05, 0) is 57.6 Å². The van der Waals surface area contributed by atoms with E-state index < -0.39 is 0 Å². The van der Waals surface area contributed by atoms with Gasteiger partial charge in [-0.15, -0.1) is 5.10 Å². The molecular weight excluding hydrogens is 589 g/mol. The van der Waals surface area contributed by atoms with Crippen LogP contribution in [-0.4, -0.2) is 29.9 Å². The minimum Gasteiger partial charge on any atom is -0.213 e. The fourth-order valence-corrected chi connectivity index (χ4v) is 6.85. The van der Waals surface area contributed by atoms with Crippen molar-refractivity contribution in [3.8, 4) is 62.1 Å². The Labute approximate surface area is 278 Å². The van der Waals surface area contributed by atoms with Crippen LogP contribution in [0.4, 0.5) is 0 Å². The summed E-state index contributed by atoms with van der Waals surface area (Å²) < 4.78 is 1.94. The zero-order chi connectivity index (χ0) is 32.2. The SMILES string of the molecule is CC1(C)c2ccccc2-c2cc3c(cc21)nnn3-c1ccc(-c2ccc(-c3nc(-c4ccccc4)nc(-c4ccccc4)n3)cc2)cc1. The lowest BCUT2D eigenvalue weighted by molar-refractivity contribution is 0.661. The highest BCUT2D eigenvalue weighted by atomic mass is 15.4. The molecule has 0 atom stereocenters. The first-order valence-electron chi connectivity index (χ1n) is 16.1. The van der Waals surface area contributed by atoms with E-state index in [-0.39, 0.29) is 5.41 Å². The second kappa shape index (κ2) is 10.9. The highest BCUT2D eigenvalue weighted by molar-refractivity contribution is 5.90. The van der Waals surface area contributed by atoms with Gasteiger partial charge in [0.2, 0.25) is 0 Å². The van der Waals surface area contributed by atoms with Crippen LogP contribution >= 0.6 is 0 Å². The molecule has 0 saturated heterocycles. The largest absolute Gasteiger partial charge is 0.213 e. The maximum Gasteiger partial charge on any atom is 0.164 e. The highest BCUT2D eigenvalue weighted by Crippen LogP contribution is 2.49. The topological polar surface area (TPSA) is 69.4 Å². The molecule has 0 unspecified atom stereocenters. The van der Waals surface area contributed by atoms with Gasteiger partial charge in [0.1, 0.15) is 5.52 Å². The number of hydrogen-bond donors (Lipinski definition) is 0. The zero-order valence-electron chi connectivity index (χ0n) is 26.5. The van der Waals surface area contributed by atoms with Crippen molar-refractivity contribution < 1.29 is 0 Å². The number of rotatable bonds is 5. The van der Waals surface area contributed by atoms with Crippen molar-refractivity contribution in [2.24, 2.45) is 0 Å². The van der Waals surface area contributed by atoms with Gasteiger partial charge in [0.15, 0.2) is 17.5 Å². The normalized spacial score (nSPS) is 13.0. The number of fused-ring (bicyclic) bond motifs is 4. The Morgan fingerprint density at radius 3 is 1.56 bits per heavy atom. The molecule has 9 rings (SSSR count). The maximum absolute atomic E-state index is 4.87. The molecule has 0 radical (unpaired) electrons. The Hall–Kier alpha value is -6.27. The van der Waals surface area contributed by atoms with Gasteiger partial charge in [0.25, 0.3) is 0 Å². The van der Waals surface area contributed by atoms with Crippen molar-refractivity contribution in [3.05, 3.63) is 157 Å². The Kier molecular flexibility index (Phi) is 6.37. The molecular formula is C42H30N6. The monoisotopic (exact) mass is 618 g/mol. The van der Waals surface area contributed by atoms with E-state index in [0.717, 1.165) is 44.5 Å². The van der Waals surface area contributed by atoms with Crippen molar-refractivity contribution in [1.82, 2.24) is 29.9 Å². The molecule has 1 aliphatic carbocycles. The third-order valence-electron chi connectivity index (χ3n) is 9.44. The fourth-order valence-electron chi connectivity index (χ4n) is 6.85. The van der Waals surface area contributed by atoms with E-state index >= 15 is 0 Å². The molecule has 48 heavy (non-hydrogen) atoms. The average Bonchev–Trinajstić information content (AvgIpc) is 3.67. The second-order valence-electron chi connectivity index (χ2n) is 12.7. The molecule has 228 valence electrons. The summed E-state index contributed by atoms with van der Waals surface area (Å²) in [7, 11) is 0. The van der Waals surface area contributed by atoms with Gasteiger partial charge >= 0.3 is 0 Å². The van der Waals surface area contributed by atoms with E-state index in [9.17, 15) is 0 Å². The summed E-state index contributed by atoms with van der Waals surface area (Å²) >= 11 is 0. The van der Waals surface area contributed by atoms with Crippen molar-refractivity contribution in [2.75, 3.05) is 0 Å². The van der Waals surface area contributed by atoms with Crippen LogP contribution in [0, 0.1) is 0 Å². The molecule has 6 aromatic carbocycles. The van der Waals surface area contributed by atoms with E-state index in [1.165, 1.54) is 22.3 Å². The number of aromatic nitrogens is 6. The average molecular weight is 619 g/mol. The molecule has 2 heterocycles. The van der Waals surface area contributed by atoms with E-state index in [4.69, 9.17) is 15.0 Å². The summed E-state index contributed by atoms with van der Waals surface area (Å²) in [4.78, 5) is 14.6. The Balaban J connectivity index is 1.03. The molecule has 8 aromatic rings. The maximum atomic E-state index is 4.87. The lowest BCUT2D eigenvalue weighted by Crippen LogP contribution is -2.14. The summed E-state index contributed by atoms with van der Waals surface area (Å²) in [5.41, 5.74) is 13.0. The molecule has 0 bridgehead atoms. The molecule has 0 N–H and O–H groups in total. The van der Waals surface area contributed by atoms with Crippen LogP contribution in [0.1, 0.15) is 25.0 Å². The van der Waals surface area contributed by atoms with Gasteiger partial charge in [-0.2, -0.15) is 0 Å². The van der Waals surface area contributed by atoms with Crippen LogP contribution in [0.3, 0.4) is 0 Å². The van der Waals surface area contributed by atoms with Gasteiger partial charge in [-0.1, -0.05) is 140 Å². The first-order valence-corrected chi connectivity index (χ1v) is 16.1.